The number of benzene rings is 1. The fourth-order valence-electron chi connectivity index (χ4n) is 3.13. The lowest BCUT2D eigenvalue weighted by molar-refractivity contribution is 0.0881. The van der Waals surface area contributed by atoms with E-state index in [2.05, 4.69) is 21.5 Å². The molecule has 1 saturated carbocycles. The number of carbonyl (C=O) groups excluding carboxylic acids is 1. The van der Waals surface area contributed by atoms with Crippen molar-refractivity contribution in [1.82, 2.24) is 20.1 Å². The van der Waals surface area contributed by atoms with Crippen molar-refractivity contribution in [2.45, 2.75) is 18.4 Å². The van der Waals surface area contributed by atoms with Crippen molar-refractivity contribution in [2.24, 2.45) is 0 Å². The van der Waals surface area contributed by atoms with Crippen LogP contribution in [0.4, 0.5) is 0 Å². The molecule has 0 unspecified atom stereocenters. The third kappa shape index (κ3) is 3.68. The van der Waals surface area contributed by atoms with Gasteiger partial charge in [-0.1, -0.05) is 12.1 Å². The lowest BCUT2D eigenvalue weighted by Gasteiger charge is -2.16. The summed E-state index contributed by atoms with van der Waals surface area (Å²) in [5.41, 5.74) is 1.95. The van der Waals surface area contributed by atoms with Crippen LogP contribution in [0.3, 0.4) is 0 Å². The van der Waals surface area contributed by atoms with Crippen molar-refractivity contribution < 1.29 is 14.6 Å². The van der Waals surface area contributed by atoms with Gasteiger partial charge in [0, 0.05) is 13.3 Å². The molecule has 2 aromatic heterocycles. The van der Waals surface area contributed by atoms with Crippen molar-refractivity contribution >= 4 is 5.91 Å². The summed E-state index contributed by atoms with van der Waals surface area (Å²) in [5, 5.41) is 26.7. The van der Waals surface area contributed by atoms with Gasteiger partial charge >= 0.3 is 0 Å². The average molecular weight is 389 g/mol. The first-order chi connectivity index (χ1) is 14.0. The number of nitriles is 1. The number of carbonyl (C=O) groups is 1. The average Bonchev–Trinajstić information content (AvgIpc) is 3.39. The number of nitrogens with zero attached hydrogens (tertiary/aromatic N) is 4. The fraction of sp³-hybridized carbons (Fsp3) is 0.238. The van der Waals surface area contributed by atoms with Gasteiger partial charge in [-0.05, 0) is 42.7 Å². The van der Waals surface area contributed by atoms with Crippen molar-refractivity contribution in [2.75, 3.05) is 13.7 Å². The van der Waals surface area contributed by atoms with Crippen molar-refractivity contribution in [3.8, 4) is 28.9 Å². The van der Waals surface area contributed by atoms with Crippen LogP contribution in [-0.2, 0) is 4.74 Å². The zero-order valence-corrected chi connectivity index (χ0v) is 15.8. The molecule has 0 aliphatic heterocycles. The number of rotatable bonds is 6. The number of amides is 1. The number of nitrogens with one attached hydrogen (secondary N) is 1. The van der Waals surface area contributed by atoms with E-state index in [1.165, 1.54) is 17.1 Å². The van der Waals surface area contributed by atoms with Gasteiger partial charge in [0.2, 0.25) is 5.88 Å². The van der Waals surface area contributed by atoms with Crippen LogP contribution in [0.5, 0.6) is 5.88 Å². The molecule has 0 bridgehead atoms. The van der Waals surface area contributed by atoms with Crippen LogP contribution in [-0.4, -0.2) is 45.0 Å². The smallest absolute Gasteiger partial charge is 0.253 e. The van der Waals surface area contributed by atoms with Gasteiger partial charge in [-0.2, -0.15) is 15.0 Å². The van der Waals surface area contributed by atoms with Crippen LogP contribution in [0, 0.1) is 11.3 Å². The molecular formula is C21H19N5O3. The van der Waals surface area contributed by atoms with E-state index in [1.54, 1.807) is 43.5 Å². The predicted molar refractivity (Wildman–Crippen MR) is 104 cm³/mol. The summed E-state index contributed by atoms with van der Waals surface area (Å²) < 4.78 is 6.46. The fourth-order valence-corrected chi connectivity index (χ4v) is 3.13. The first kappa shape index (κ1) is 18.7. The molecule has 0 atom stereocenters. The molecule has 8 nitrogen and oxygen atoms in total. The highest BCUT2D eigenvalue weighted by molar-refractivity contribution is 5.94. The molecule has 0 radical (unpaired) electrons. The summed E-state index contributed by atoms with van der Waals surface area (Å²) in [6.45, 7) is 0.490. The zero-order chi connectivity index (χ0) is 20.4. The molecule has 2 N–H and O–H groups in total. The van der Waals surface area contributed by atoms with Crippen LogP contribution in [0.15, 0.2) is 48.8 Å². The molecule has 1 aliphatic rings. The molecule has 1 amide bonds. The highest BCUT2D eigenvalue weighted by Gasteiger charge is 2.44. The van der Waals surface area contributed by atoms with Gasteiger partial charge in [0.1, 0.15) is 0 Å². The van der Waals surface area contributed by atoms with Gasteiger partial charge in [-0.15, -0.1) is 0 Å². The van der Waals surface area contributed by atoms with E-state index < -0.39 is 0 Å². The number of methoxy groups -OCH3 is 1. The largest absolute Gasteiger partial charge is 0.493 e. The Morgan fingerprint density at radius 2 is 2.03 bits per heavy atom. The number of hydrogen-bond donors (Lipinski definition) is 2. The van der Waals surface area contributed by atoms with Gasteiger partial charge in [-0.3, -0.25) is 4.79 Å². The summed E-state index contributed by atoms with van der Waals surface area (Å²) in [6.07, 6.45) is 4.78. The highest BCUT2D eigenvalue weighted by atomic mass is 16.5. The minimum Gasteiger partial charge on any atom is -0.493 e. The van der Waals surface area contributed by atoms with Crippen LogP contribution in [0.25, 0.3) is 16.9 Å². The van der Waals surface area contributed by atoms with Crippen LogP contribution in [0.2, 0.25) is 0 Å². The Kier molecular flexibility index (Phi) is 4.74. The molecule has 0 saturated heterocycles. The summed E-state index contributed by atoms with van der Waals surface area (Å²) in [5.74, 6) is 0.106. The molecule has 146 valence electrons. The molecule has 1 aromatic carbocycles. The lowest BCUT2D eigenvalue weighted by Crippen LogP contribution is -2.40. The topological polar surface area (TPSA) is 113 Å². The van der Waals surface area contributed by atoms with Gasteiger partial charge in [0.05, 0.1) is 41.1 Å². The summed E-state index contributed by atoms with van der Waals surface area (Å²) in [4.78, 5) is 16.7. The number of aromatic hydroxyl groups is 1. The van der Waals surface area contributed by atoms with E-state index in [0.29, 0.717) is 29.1 Å². The Morgan fingerprint density at radius 1 is 1.28 bits per heavy atom. The zero-order valence-electron chi connectivity index (χ0n) is 15.8. The Balaban J connectivity index is 1.53. The molecule has 8 heteroatoms. The monoisotopic (exact) mass is 389 g/mol. The number of aromatic nitrogens is 3. The Labute approximate surface area is 167 Å². The molecule has 3 aromatic rings. The van der Waals surface area contributed by atoms with E-state index in [-0.39, 0.29) is 17.3 Å². The van der Waals surface area contributed by atoms with Gasteiger partial charge in [-0.25, -0.2) is 4.98 Å². The normalized spacial score (nSPS) is 14.2. The van der Waals surface area contributed by atoms with Gasteiger partial charge in [0.15, 0.2) is 5.82 Å². The Hall–Kier alpha value is -3.70. The van der Waals surface area contributed by atoms with E-state index >= 15 is 0 Å². The SMILES string of the molecule is COCC1(NC(=O)c2ccc(-n3ncc(-c4ccc(C#N)cc4)c3O)nc2)CC1. The second kappa shape index (κ2) is 7.37. The second-order valence-electron chi connectivity index (χ2n) is 7.06. The number of pyridine rings is 1. The standard InChI is InChI=1S/C21H19N5O3/c1-29-13-21(8-9-21)25-19(27)16-6-7-18(23-11-16)26-20(28)17(12-24-26)15-4-2-14(10-22)3-5-15/h2-7,11-12,28H,8-9,13H2,1H3,(H,25,27). The Bertz CT molecular complexity index is 1080. The van der Waals surface area contributed by atoms with Crippen molar-refractivity contribution in [3.63, 3.8) is 0 Å². The van der Waals surface area contributed by atoms with Gasteiger partial charge in [0.25, 0.3) is 5.91 Å². The van der Waals surface area contributed by atoms with E-state index in [0.717, 1.165) is 18.4 Å². The minimum atomic E-state index is -0.263. The first-order valence-corrected chi connectivity index (χ1v) is 9.11. The molecule has 29 heavy (non-hydrogen) atoms. The molecule has 1 fully saturated rings. The number of ether oxygens (including phenoxy) is 1. The third-order valence-electron chi connectivity index (χ3n) is 4.95. The first-order valence-electron chi connectivity index (χ1n) is 9.11. The number of hydrogen-bond acceptors (Lipinski definition) is 6. The maximum absolute atomic E-state index is 12.4. The quantitative estimate of drug-likeness (QED) is 0.669. The maximum atomic E-state index is 12.4. The van der Waals surface area contributed by atoms with Crippen LogP contribution >= 0.6 is 0 Å². The summed E-state index contributed by atoms with van der Waals surface area (Å²) >= 11 is 0. The lowest BCUT2D eigenvalue weighted by atomic mass is 10.1. The molecule has 4 rings (SSSR count). The van der Waals surface area contributed by atoms with Gasteiger partial charge < -0.3 is 15.2 Å². The third-order valence-corrected chi connectivity index (χ3v) is 4.95. The second-order valence-corrected chi connectivity index (χ2v) is 7.06. The molecule has 1 aliphatic carbocycles. The van der Waals surface area contributed by atoms with Crippen molar-refractivity contribution in [3.05, 3.63) is 59.9 Å². The predicted octanol–water partition coefficient (Wildman–Crippen LogP) is 2.42. The Morgan fingerprint density at radius 3 is 2.62 bits per heavy atom. The molecule has 0 spiro atoms. The van der Waals surface area contributed by atoms with Crippen LogP contribution < -0.4 is 5.32 Å². The van der Waals surface area contributed by atoms with E-state index in [4.69, 9.17) is 10.00 Å². The summed E-state index contributed by atoms with van der Waals surface area (Å²) in [6, 6.07) is 12.2. The van der Waals surface area contributed by atoms with Crippen LogP contribution in [0.1, 0.15) is 28.8 Å². The molecule has 2 heterocycles. The van der Waals surface area contributed by atoms with E-state index in [9.17, 15) is 9.90 Å². The minimum absolute atomic E-state index is 0.0727. The highest BCUT2D eigenvalue weighted by Crippen LogP contribution is 2.35. The van der Waals surface area contributed by atoms with E-state index in [1.807, 2.05) is 0 Å². The molecular weight excluding hydrogens is 370 g/mol. The summed E-state index contributed by atoms with van der Waals surface area (Å²) in [7, 11) is 1.62. The van der Waals surface area contributed by atoms with Crippen molar-refractivity contribution in [1.29, 1.82) is 5.26 Å². The maximum Gasteiger partial charge on any atom is 0.253 e.